The summed E-state index contributed by atoms with van der Waals surface area (Å²) in [6.07, 6.45) is 1.93. The lowest BCUT2D eigenvalue weighted by Gasteiger charge is -2.17. The van der Waals surface area contributed by atoms with Crippen molar-refractivity contribution in [1.82, 2.24) is 0 Å². The fourth-order valence-corrected chi connectivity index (χ4v) is 5.51. The maximum atomic E-state index is 3.94. The number of hydrogen-bond acceptors (Lipinski definition) is 0. The topological polar surface area (TPSA) is 0 Å². The van der Waals surface area contributed by atoms with E-state index < -0.39 is 0 Å². The van der Waals surface area contributed by atoms with Gasteiger partial charge < -0.3 is 0 Å². The second kappa shape index (κ2) is 11.0. The molecule has 0 bridgehead atoms. The molecule has 0 amide bonds. The van der Waals surface area contributed by atoms with Crippen molar-refractivity contribution in [2.45, 2.75) is 48.5 Å². The van der Waals surface area contributed by atoms with E-state index in [9.17, 15) is 0 Å². The highest BCUT2D eigenvalue weighted by Crippen LogP contribution is 2.42. The van der Waals surface area contributed by atoms with E-state index in [0.29, 0.717) is 0 Å². The molecule has 0 aromatic heterocycles. The Kier molecular flexibility index (Phi) is 7.79. The van der Waals surface area contributed by atoms with Crippen molar-refractivity contribution < 1.29 is 0 Å². The first-order valence-corrected chi connectivity index (χ1v) is 13.6. The van der Waals surface area contributed by atoms with Crippen LogP contribution >= 0.6 is 0 Å². The van der Waals surface area contributed by atoms with Crippen LogP contribution in [0.15, 0.2) is 91.5 Å². The molecule has 0 nitrogen and oxygen atoms in total. The Hall–Kier alpha value is -3.90. The molecule has 6 aromatic rings. The molecule has 0 heterocycles. The molecule has 0 aliphatic carbocycles. The van der Waals surface area contributed by atoms with Crippen molar-refractivity contribution >= 4 is 38.4 Å². The van der Waals surface area contributed by atoms with Gasteiger partial charge in [-0.25, -0.2) is 0 Å². The van der Waals surface area contributed by atoms with Crippen molar-refractivity contribution in [3.8, 4) is 22.3 Å². The van der Waals surface area contributed by atoms with E-state index in [1.807, 2.05) is 33.8 Å². The minimum atomic E-state index is 1.19. The van der Waals surface area contributed by atoms with Gasteiger partial charge in [-0.1, -0.05) is 136 Å². The summed E-state index contributed by atoms with van der Waals surface area (Å²) in [6, 6.07) is 31.8. The van der Waals surface area contributed by atoms with E-state index in [1.54, 1.807) is 0 Å². The van der Waals surface area contributed by atoms with Crippen molar-refractivity contribution in [2.24, 2.45) is 0 Å². The molecular weight excluding hydrogens is 444 g/mol. The molecular formula is C37H38. The predicted octanol–water partition coefficient (Wildman–Crippen LogP) is 11.5. The Balaban J connectivity index is 0.000000765. The minimum Gasteiger partial charge on any atom is -0.0985 e. The fourth-order valence-electron chi connectivity index (χ4n) is 5.51. The lowest BCUT2D eigenvalue weighted by atomic mass is 9.86. The molecule has 0 aliphatic heterocycles. The summed E-state index contributed by atoms with van der Waals surface area (Å²) in [7, 11) is 0. The van der Waals surface area contributed by atoms with E-state index in [1.165, 1.54) is 76.8 Å². The highest BCUT2D eigenvalue weighted by Gasteiger charge is 2.15. The summed E-state index contributed by atoms with van der Waals surface area (Å²) in [6.45, 7) is 18.5. The normalized spacial score (nSPS) is 10.7. The van der Waals surface area contributed by atoms with E-state index in [-0.39, 0.29) is 0 Å². The molecule has 0 radical (unpaired) electrons. The molecule has 37 heavy (non-hydrogen) atoms. The van der Waals surface area contributed by atoms with Crippen molar-refractivity contribution in [3.05, 3.63) is 114 Å². The van der Waals surface area contributed by atoms with Gasteiger partial charge in [-0.2, -0.15) is 0 Å². The van der Waals surface area contributed by atoms with E-state index in [4.69, 9.17) is 0 Å². The van der Waals surface area contributed by atoms with Crippen LogP contribution in [0.3, 0.4) is 0 Å². The summed E-state index contributed by atoms with van der Waals surface area (Å²) in [5.74, 6) is 0. The lowest BCUT2D eigenvalue weighted by Crippen LogP contribution is -1.91. The molecule has 0 heteroatoms. The Bertz CT molecular complexity index is 1680. The zero-order chi connectivity index (χ0) is 26.7. The second-order valence-electron chi connectivity index (χ2n) is 9.30. The largest absolute Gasteiger partial charge is 0.0985 e. The minimum absolute atomic E-state index is 1.19. The Labute approximate surface area is 222 Å². The van der Waals surface area contributed by atoms with Gasteiger partial charge in [0.25, 0.3) is 0 Å². The van der Waals surface area contributed by atoms with E-state index in [0.717, 1.165) is 0 Å². The summed E-state index contributed by atoms with van der Waals surface area (Å²) in [5.41, 5.74) is 10.2. The van der Waals surface area contributed by atoms with Crippen LogP contribution in [-0.4, -0.2) is 0 Å². The quantitative estimate of drug-likeness (QED) is 0.220. The van der Waals surface area contributed by atoms with Crippen LogP contribution in [-0.2, 0) is 0 Å². The SMILES string of the molecule is C=Cc1ccc(-c2ccc3ccc4c(-c5cc(C)cc(C)c5)ccc5ccc2c3c54)cc1C.CC.CC. The monoisotopic (exact) mass is 482 g/mol. The highest BCUT2D eigenvalue weighted by molar-refractivity contribution is 6.27. The third-order valence-electron chi connectivity index (χ3n) is 7.00. The molecule has 0 spiro atoms. The molecule has 0 unspecified atom stereocenters. The average Bonchev–Trinajstić information content (AvgIpc) is 2.93. The Morgan fingerprint density at radius 2 is 1.00 bits per heavy atom. The van der Waals surface area contributed by atoms with Gasteiger partial charge >= 0.3 is 0 Å². The molecule has 186 valence electrons. The third-order valence-corrected chi connectivity index (χ3v) is 7.00. The van der Waals surface area contributed by atoms with Gasteiger partial charge in [0.2, 0.25) is 0 Å². The van der Waals surface area contributed by atoms with Gasteiger partial charge in [-0.15, -0.1) is 0 Å². The van der Waals surface area contributed by atoms with E-state index in [2.05, 4.69) is 112 Å². The Morgan fingerprint density at radius 1 is 0.514 bits per heavy atom. The zero-order valence-electron chi connectivity index (χ0n) is 23.4. The average molecular weight is 483 g/mol. The molecule has 0 saturated carbocycles. The molecule has 0 saturated heterocycles. The molecule has 0 N–H and O–H groups in total. The van der Waals surface area contributed by atoms with Crippen molar-refractivity contribution in [1.29, 1.82) is 0 Å². The number of benzene rings is 6. The molecule has 0 aliphatic rings. The summed E-state index contributed by atoms with van der Waals surface area (Å²) < 4.78 is 0. The second-order valence-corrected chi connectivity index (χ2v) is 9.30. The number of rotatable bonds is 3. The number of aryl methyl sites for hydroxylation is 3. The van der Waals surface area contributed by atoms with Gasteiger partial charge in [0, 0.05) is 0 Å². The van der Waals surface area contributed by atoms with Gasteiger partial charge in [0.15, 0.2) is 0 Å². The fraction of sp³-hybridized carbons (Fsp3) is 0.189. The summed E-state index contributed by atoms with van der Waals surface area (Å²) in [5, 5.41) is 7.96. The van der Waals surface area contributed by atoms with Crippen LogP contribution in [0.1, 0.15) is 49.9 Å². The van der Waals surface area contributed by atoms with Crippen molar-refractivity contribution in [2.75, 3.05) is 0 Å². The molecule has 6 aromatic carbocycles. The first-order valence-electron chi connectivity index (χ1n) is 13.6. The third kappa shape index (κ3) is 4.65. The van der Waals surface area contributed by atoms with Crippen LogP contribution in [0.4, 0.5) is 0 Å². The highest BCUT2D eigenvalue weighted by atomic mass is 14.2. The first kappa shape index (κ1) is 26.2. The van der Waals surface area contributed by atoms with Crippen LogP contribution in [0.5, 0.6) is 0 Å². The van der Waals surface area contributed by atoms with Gasteiger partial charge in [-0.3, -0.25) is 0 Å². The van der Waals surface area contributed by atoms with Gasteiger partial charge in [-0.05, 0) is 86.5 Å². The van der Waals surface area contributed by atoms with Gasteiger partial charge in [0.1, 0.15) is 0 Å². The van der Waals surface area contributed by atoms with Crippen molar-refractivity contribution in [3.63, 3.8) is 0 Å². The summed E-state index contributed by atoms with van der Waals surface area (Å²) >= 11 is 0. The van der Waals surface area contributed by atoms with E-state index >= 15 is 0 Å². The summed E-state index contributed by atoms with van der Waals surface area (Å²) in [4.78, 5) is 0. The Morgan fingerprint density at radius 3 is 1.49 bits per heavy atom. The molecule has 6 rings (SSSR count). The van der Waals surface area contributed by atoms with Gasteiger partial charge in [0.05, 0.1) is 0 Å². The molecule has 0 fully saturated rings. The zero-order valence-corrected chi connectivity index (χ0v) is 23.4. The maximum Gasteiger partial charge on any atom is -0.00203 e. The van der Waals surface area contributed by atoms with Crippen LogP contribution < -0.4 is 0 Å². The van der Waals surface area contributed by atoms with Crippen LogP contribution in [0.2, 0.25) is 0 Å². The first-order chi connectivity index (χ1) is 18.0. The van der Waals surface area contributed by atoms with Crippen LogP contribution in [0.25, 0.3) is 60.6 Å². The standard InChI is InChI=1S/C33H26.2C2H6/c1-5-23-6-7-26(19-22(23)4)28-12-8-24-11-15-31-29(27-17-20(2)16-21(3)18-27)13-9-25-10-14-30(28)32(24)33(25)31;2*1-2/h5-19H,1H2,2-4H3;2*1-2H3. The number of hydrogen-bond donors (Lipinski definition) is 0. The predicted molar refractivity (Wildman–Crippen MR) is 168 cm³/mol. The van der Waals surface area contributed by atoms with Crippen LogP contribution in [0, 0.1) is 20.8 Å². The lowest BCUT2D eigenvalue weighted by molar-refractivity contribution is 1.39. The molecule has 0 atom stereocenters. The maximum absolute atomic E-state index is 3.94. The smallest absolute Gasteiger partial charge is 0.00203 e.